The highest BCUT2D eigenvalue weighted by Crippen LogP contribution is 2.33. The predicted octanol–water partition coefficient (Wildman–Crippen LogP) is 1.76. The minimum absolute atomic E-state index is 0.0538. The van der Waals surface area contributed by atoms with Gasteiger partial charge in [0.2, 0.25) is 0 Å². The molecule has 1 aromatic rings. The van der Waals surface area contributed by atoms with Gasteiger partial charge < -0.3 is 14.8 Å². The van der Waals surface area contributed by atoms with Gasteiger partial charge in [-0.3, -0.25) is 9.80 Å². The van der Waals surface area contributed by atoms with E-state index in [-0.39, 0.29) is 24.0 Å². The van der Waals surface area contributed by atoms with Gasteiger partial charge in [0.1, 0.15) is 11.9 Å². The van der Waals surface area contributed by atoms with Gasteiger partial charge >= 0.3 is 0 Å². The van der Waals surface area contributed by atoms with Crippen LogP contribution in [0.1, 0.15) is 25.3 Å². The van der Waals surface area contributed by atoms with Gasteiger partial charge in [-0.1, -0.05) is 30.3 Å². The first-order chi connectivity index (χ1) is 12.2. The molecule has 0 radical (unpaired) electrons. The lowest BCUT2D eigenvalue weighted by Crippen LogP contribution is -2.43. The molecule has 134 valence electrons. The summed E-state index contributed by atoms with van der Waals surface area (Å²) >= 11 is 0. The Hall–Kier alpha value is -1.92. The number of rotatable bonds is 3. The third-order valence-corrected chi connectivity index (χ3v) is 5.37. The average Bonchev–Trinajstić information content (AvgIpc) is 3.19. The molecule has 2 saturated heterocycles. The quantitative estimate of drug-likeness (QED) is 0.908. The van der Waals surface area contributed by atoms with Crippen LogP contribution in [0.4, 0.5) is 0 Å². The first-order valence-electron chi connectivity index (χ1n) is 9.09. The van der Waals surface area contributed by atoms with E-state index in [0.717, 1.165) is 31.8 Å². The number of carbonyl (C=O) groups excluding carboxylic acids is 1. The van der Waals surface area contributed by atoms with Gasteiger partial charge in [-0.2, -0.15) is 5.10 Å². The molecule has 3 aliphatic heterocycles. The number of amidine groups is 1. The Morgan fingerprint density at radius 2 is 2.16 bits per heavy atom. The summed E-state index contributed by atoms with van der Waals surface area (Å²) in [6.45, 7) is 4.93. The maximum atomic E-state index is 12.7. The number of hydrazone groups is 1. The van der Waals surface area contributed by atoms with E-state index in [2.05, 4.69) is 29.5 Å². The SMILES string of the molecule is CC1CC(NC(=O)[C@H]2OC[C@H]3COCC[C@H]32)=NN1Cc1ccccc1. The maximum absolute atomic E-state index is 12.7. The number of hydrogen-bond acceptors (Lipinski definition) is 5. The van der Waals surface area contributed by atoms with Crippen LogP contribution in [0.2, 0.25) is 0 Å². The lowest BCUT2D eigenvalue weighted by Gasteiger charge is -2.26. The number of benzene rings is 1. The van der Waals surface area contributed by atoms with Gasteiger partial charge in [0.05, 0.1) is 25.8 Å². The largest absolute Gasteiger partial charge is 0.381 e. The summed E-state index contributed by atoms with van der Waals surface area (Å²) in [5, 5.41) is 9.66. The third kappa shape index (κ3) is 3.55. The number of hydrogen-bond donors (Lipinski definition) is 1. The van der Waals surface area contributed by atoms with Crippen LogP contribution in [0.5, 0.6) is 0 Å². The molecule has 3 heterocycles. The summed E-state index contributed by atoms with van der Waals surface area (Å²) in [4.78, 5) is 12.7. The van der Waals surface area contributed by atoms with Gasteiger partial charge in [0.25, 0.3) is 5.91 Å². The van der Waals surface area contributed by atoms with Crippen LogP contribution in [0.25, 0.3) is 0 Å². The van der Waals surface area contributed by atoms with E-state index in [1.165, 1.54) is 5.56 Å². The van der Waals surface area contributed by atoms with Crippen molar-refractivity contribution in [3.8, 4) is 0 Å². The normalized spacial score (nSPS) is 31.6. The molecule has 3 aliphatic rings. The minimum atomic E-state index is -0.366. The van der Waals surface area contributed by atoms with Crippen molar-refractivity contribution in [3.63, 3.8) is 0 Å². The van der Waals surface area contributed by atoms with Crippen molar-refractivity contribution in [1.29, 1.82) is 0 Å². The fourth-order valence-corrected chi connectivity index (χ4v) is 3.94. The molecule has 0 spiro atoms. The van der Waals surface area contributed by atoms with Crippen LogP contribution in [0.3, 0.4) is 0 Å². The van der Waals surface area contributed by atoms with Crippen molar-refractivity contribution in [2.24, 2.45) is 16.9 Å². The van der Waals surface area contributed by atoms with Crippen LogP contribution in [0, 0.1) is 11.8 Å². The smallest absolute Gasteiger partial charge is 0.254 e. The Balaban J connectivity index is 1.37. The Morgan fingerprint density at radius 1 is 1.32 bits per heavy atom. The molecule has 0 aromatic heterocycles. The van der Waals surface area contributed by atoms with Crippen LogP contribution < -0.4 is 5.32 Å². The molecule has 25 heavy (non-hydrogen) atoms. The third-order valence-electron chi connectivity index (χ3n) is 5.37. The van der Waals surface area contributed by atoms with E-state index in [0.29, 0.717) is 19.1 Å². The molecule has 6 nitrogen and oxygen atoms in total. The molecule has 4 rings (SSSR count). The zero-order chi connectivity index (χ0) is 17.2. The first-order valence-corrected chi connectivity index (χ1v) is 9.09. The first kappa shape index (κ1) is 16.5. The van der Waals surface area contributed by atoms with E-state index in [1.807, 2.05) is 23.2 Å². The fourth-order valence-electron chi connectivity index (χ4n) is 3.94. The predicted molar refractivity (Wildman–Crippen MR) is 93.8 cm³/mol. The number of nitrogens with one attached hydrogen (secondary N) is 1. The second kappa shape index (κ2) is 7.14. The summed E-state index contributed by atoms with van der Waals surface area (Å²) in [6.07, 6.45) is 1.28. The van der Waals surface area contributed by atoms with Crippen molar-refractivity contribution in [2.45, 2.75) is 38.5 Å². The van der Waals surface area contributed by atoms with Crippen LogP contribution in [-0.4, -0.2) is 48.7 Å². The van der Waals surface area contributed by atoms with Crippen molar-refractivity contribution in [2.75, 3.05) is 19.8 Å². The van der Waals surface area contributed by atoms with Gasteiger partial charge in [0, 0.05) is 24.9 Å². The Labute approximate surface area is 148 Å². The molecule has 1 unspecified atom stereocenters. The second-order valence-corrected chi connectivity index (χ2v) is 7.21. The zero-order valence-electron chi connectivity index (χ0n) is 14.6. The Bertz CT molecular complexity index is 649. The molecule has 6 heteroatoms. The number of amides is 1. The minimum Gasteiger partial charge on any atom is -0.381 e. The summed E-state index contributed by atoms with van der Waals surface area (Å²) < 4.78 is 11.2. The topological polar surface area (TPSA) is 63.2 Å². The standard InChI is InChI=1S/C19H25N3O3/c1-13-9-17(21-22(13)10-14-5-3-2-4-6-14)20-19(23)18-16-7-8-24-11-15(16)12-25-18/h2-6,13,15-16,18H,7-12H2,1H3,(H,20,21,23)/t13?,15-,16-,18+/m1/s1. The van der Waals surface area contributed by atoms with E-state index < -0.39 is 0 Å². The summed E-state index contributed by atoms with van der Waals surface area (Å²) in [5.41, 5.74) is 1.22. The summed E-state index contributed by atoms with van der Waals surface area (Å²) in [7, 11) is 0. The Kier molecular flexibility index (Phi) is 4.72. The van der Waals surface area contributed by atoms with Gasteiger partial charge in [-0.05, 0) is 18.9 Å². The number of nitrogens with zero attached hydrogens (tertiary/aromatic N) is 2. The van der Waals surface area contributed by atoms with Gasteiger partial charge in [-0.15, -0.1) is 0 Å². The lowest BCUT2D eigenvalue weighted by atomic mass is 9.86. The molecule has 0 saturated carbocycles. The van der Waals surface area contributed by atoms with E-state index in [4.69, 9.17) is 9.47 Å². The second-order valence-electron chi connectivity index (χ2n) is 7.21. The van der Waals surface area contributed by atoms with Crippen LogP contribution in [-0.2, 0) is 20.8 Å². The molecule has 1 aromatic carbocycles. The summed E-state index contributed by atoms with van der Waals surface area (Å²) in [6, 6.07) is 10.5. The maximum Gasteiger partial charge on any atom is 0.254 e. The monoisotopic (exact) mass is 343 g/mol. The molecular formula is C19H25N3O3. The van der Waals surface area contributed by atoms with Gasteiger partial charge in [-0.25, -0.2) is 0 Å². The van der Waals surface area contributed by atoms with E-state index >= 15 is 0 Å². The van der Waals surface area contributed by atoms with E-state index in [9.17, 15) is 4.79 Å². The fraction of sp³-hybridized carbons (Fsp3) is 0.579. The highest BCUT2D eigenvalue weighted by atomic mass is 16.5. The molecule has 1 N–H and O–H groups in total. The van der Waals surface area contributed by atoms with Crippen molar-refractivity contribution in [1.82, 2.24) is 10.3 Å². The molecular weight excluding hydrogens is 318 g/mol. The Morgan fingerprint density at radius 3 is 3.00 bits per heavy atom. The van der Waals surface area contributed by atoms with Crippen molar-refractivity contribution >= 4 is 11.7 Å². The highest BCUT2D eigenvalue weighted by Gasteiger charge is 2.43. The number of fused-ring (bicyclic) bond motifs is 1. The van der Waals surface area contributed by atoms with Crippen LogP contribution in [0.15, 0.2) is 35.4 Å². The van der Waals surface area contributed by atoms with Gasteiger partial charge in [0.15, 0.2) is 0 Å². The molecule has 4 atom stereocenters. The summed E-state index contributed by atoms with van der Waals surface area (Å²) in [5.74, 6) is 1.31. The molecule has 0 aliphatic carbocycles. The molecule has 0 bridgehead atoms. The van der Waals surface area contributed by atoms with Crippen molar-refractivity contribution in [3.05, 3.63) is 35.9 Å². The molecule has 2 fully saturated rings. The van der Waals surface area contributed by atoms with E-state index in [1.54, 1.807) is 0 Å². The lowest BCUT2D eigenvalue weighted by molar-refractivity contribution is -0.130. The number of ether oxygens (including phenoxy) is 2. The van der Waals surface area contributed by atoms with Crippen molar-refractivity contribution < 1.29 is 14.3 Å². The zero-order valence-corrected chi connectivity index (χ0v) is 14.6. The molecule has 1 amide bonds. The number of carbonyl (C=O) groups is 1. The average molecular weight is 343 g/mol. The highest BCUT2D eigenvalue weighted by molar-refractivity contribution is 6.00. The van der Waals surface area contributed by atoms with Crippen LogP contribution >= 0.6 is 0 Å².